The average Bonchev–Trinajstić information content (AvgIpc) is 2.63. The first kappa shape index (κ1) is 17.1. The van der Waals surface area contributed by atoms with Crippen LogP contribution < -0.4 is 10.9 Å². The average molecular weight is 344 g/mol. The molecule has 1 aliphatic carbocycles. The third-order valence-electron chi connectivity index (χ3n) is 4.65. The molecule has 0 unspecified atom stereocenters. The van der Waals surface area contributed by atoms with Crippen molar-refractivity contribution < 1.29 is 9.72 Å². The molecule has 8 heteroatoms. The summed E-state index contributed by atoms with van der Waals surface area (Å²) in [5, 5.41) is 13.9. The summed E-state index contributed by atoms with van der Waals surface area (Å²) in [5.41, 5.74) is -0.262. The Morgan fingerprint density at radius 3 is 2.80 bits per heavy atom. The van der Waals surface area contributed by atoms with Gasteiger partial charge in [0, 0.05) is 18.7 Å². The lowest BCUT2D eigenvalue weighted by Gasteiger charge is -2.21. The van der Waals surface area contributed by atoms with E-state index in [9.17, 15) is 19.7 Å². The molecule has 1 N–H and O–H groups in total. The Hall–Kier alpha value is -2.77. The van der Waals surface area contributed by atoms with Crippen molar-refractivity contribution in [3.05, 3.63) is 45.0 Å². The molecule has 0 spiro atoms. The van der Waals surface area contributed by atoms with Gasteiger partial charge in [0.25, 0.3) is 11.2 Å². The molecule has 1 fully saturated rings. The van der Waals surface area contributed by atoms with Crippen LogP contribution in [0.1, 0.15) is 32.1 Å². The Morgan fingerprint density at radius 2 is 2.08 bits per heavy atom. The van der Waals surface area contributed by atoms with Gasteiger partial charge >= 0.3 is 0 Å². The minimum atomic E-state index is -0.562. The molecule has 1 aromatic carbocycles. The lowest BCUT2D eigenvalue weighted by molar-refractivity contribution is -0.384. The van der Waals surface area contributed by atoms with Gasteiger partial charge in [0.05, 0.1) is 22.2 Å². The predicted octanol–water partition coefficient (Wildman–Crippen LogP) is 2.00. The second kappa shape index (κ2) is 7.42. The van der Waals surface area contributed by atoms with Crippen LogP contribution in [-0.4, -0.2) is 26.9 Å². The number of carbonyl (C=O) groups excluding carboxylic acids is 1. The van der Waals surface area contributed by atoms with Crippen molar-refractivity contribution in [1.29, 1.82) is 0 Å². The van der Waals surface area contributed by atoms with E-state index in [2.05, 4.69) is 10.3 Å². The van der Waals surface area contributed by atoms with E-state index < -0.39 is 10.5 Å². The molecule has 0 aliphatic heterocycles. The molecule has 1 aromatic heterocycles. The number of carbonyl (C=O) groups is 1. The molecule has 0 radical (unpaired) electrons. The maximum atomic E-state index is 12.5. The minimum Gasteiger partial charge on any atom is -0.354 e. The molecule has 0 atom stereocenters. The van der Waals surface area contributed by atoms with Gasteiger partial charge in [0.15, 0.2) is 0 Å². The van der Waals surface area contributed by atoms with Crippen LogP contribution in [0.2, 0.25) is 0 Å². The van der Waals surface area contributed by atoms with Crippen LogP contribution >= 0.6 is 0 Å². The zero-order valence-electron chi connectivity index (χ0n) is 13.8. The first-order valence-electron chi connectivity index (χ1n) is 8.45. The molecular weight excluding hydrogens is 324 g/mol. The molecule has 1 saturated carbocycles. The maximum absolute atomic E-state index is 12.5. The van der Waals surface area contributed by atoms with Crippen LogP contribution in [0.5, 0.6) is 0 Å². The van der Waals surface area contributed by atoms with Gasteiger partial charge in [0.1, 0.15) is 6.54 Å². The van der Waals surface area contributed by atoms with Gasteiger partial charge in [-0.25, -0.2) is 4.98 Å². The lowest BCUT2D eigenvalue weighted by Crippen LogP contribution is -2.35. The van der Waals surface area contributed by atoms with Crippen molar-refractivity contribution >= 4 is 22.5 Å². The SMILES string of the molecule is O=C(Cn1cnc2ccc([N+](=O)[O-])cc2c1=O)NCC1CCCCC1. The van der Waals surface area contributed by atoms with E-state index in [1.54, 1.807) is 0 Å². The van der Waals surface area contributed by atoms with Gasteiger partial charge in [-0.15, -0.1) is 0 Å². The summed E-state index contributed by atoms with van der Waals surface area (Å²) in [6.07, 6.45) is 7.22. The lowest BCUT2D eigenvalue weighted by atomic mass is 9.89. The summed E-state index contributed by atoms with van der Waals surface area (Å²) in [5.74, 6) is 0.256. The van der Waals surface area contributed by atoms with Crippen molar-refractivity contribution in [1.82, 2.24) is 14.9 Å². The number of nitrogens with zero attached hydrogens (tertiary/aromatic N) is 3. The third-order valence-corrected chi connectivity index (χ3v) is 4.65. The second-order valence-corrected chi connectivity index (χ2v) is 6.44. The van der Waals surface area contributed by atoms with Gasteiger partial charge in [-0.05, 0) is 24.8 Å². The van der Waals surface area contributed by atoms with E-state index in [-0.39, 0.29) is 23.5 Å². The zero-order chi connectivity index (χ0) is 17.8. The summed E-state index contributed by atoms with van der Waals surface area (Å²) in [7, 11) is 0. The highest BCUT2D eigenvalue weighted by Gasteiger charge is 2.15. The normalized spacial score (nSPS) is 15.2. The summed E-state index contributed by atoms with van der Waals surface area (Å²) in [6.45, 7) is 0.483. The van der Waals surface area contributed by atoms with Crippen molar-refractivity contribution in [2.24, 2.45) is 5.92 Å². The fourth-order valence-corrected chi connectivity index (χ4v) is 3.23. The van der Waals surface area contributed by atoms with Gasteiger partial charge in [-0.2, -0.15) is 0 Å². The maximum Gasteiger partial charge on any atom is 0.270 e. The Balaban J connectivity index is 1.72. The highest BCUT2D eigenvalue weighted by molar-refractivity contribution is 5.80. The van der Waals surface area contributed by atoms with Crippen LogP contribution in [0.15, 0.2) is 29.3 Å². The van der Waals surface area contributed by atoms with E-state index in [0.29, 0.717) is 18.0 Å². The third kappa shape index (κ3) is 4.01. The van der Waals surface area contributed by atoms with Crippen LogP contribution in [0, 0.1) is 16.0 Å². The molecule has 1 amide bonds. The Morgan fingerprint density at radius 1 is 1.32 bits per heavy atom. The van der Waals surface area contributed by atoms with Crippen molar-refractivity contribution in [3.63, 3.8) is 0 Å². The number of hydrogen-bond donors (Lipinski definition) is 1. The number of fused-ring (bicyclic) bond motifs is 1. The monoisotopic (exact) mass is 344 g/mol. The molecule has 25 heavy (non-hydrogen) atoms. The van der Waals surface area contributed by atoms with Gasteiger partial charge in [-0.1, -0.05) is 19.3 Å². The number of nitro groups is 1. The molecular formula is C17H20N4O4. The minimum absolute atomic E-state index is 0.136. The van der Waals surface area contributed by atoms with E-state index in [1.807, 2.05) is 0 Å². The van der Waals surface area contributed by atoms with E-state index >= 15 is 0 Å². The first-order valence-corrected chi connectivity index (χ1v) is 8.45. The van der Waals surface area contributed by atoms with Crippen LogP contribution in [0.25, 0.3) is 10.9 Å². The second-order valence-electron chi connectivity index (χ2n) is 6.44. The van der Waals surface area contributed by atoms with Crippen molar-refractivity contribution in [3.8, 4) is 0 Å². The standard InChI is InChI=1S/C17H20N4O4/c22-16(18-9-12-4-2-1-3-5-12)10-20-11-19-15-7-6-13(21(24)25)8-14(15)17(20)23/h6-8,11-12H,1-5,9-10H2,(H,18,22). The molecule has 1 heterocycles. The Labute approximate surface area is 144 Å². The van der Waals surface area contributed by atoms with E-state index in [1.165, 1.54) is 48.4 Å². The Bertz CT molecular complexity index is 855. The van der Waals surface area contributed by atoms with Crippen molar-refractivity contribution in [2.75, 3.05) is 6.54 Å². The number of non-ortho nitro benzene ring substituents is 1. The van der Waals surface area contributed by atoms with Crippen LogP contribution in [0.3, 0.4) is 0 Å². The largest absolute Gasteiger partial charge is 0.354 e. The molecule has 2 aromatic rings. The molecule has 3 rings (SSSR count). The summed E-state index contributed by atoms with van der Waals surface area (Å²) in [4.78, 5) is 39.0. The number of hydrogen-bond acceptors (Lipinski definition) is 5. The quantitative estimate of drug-likeness (QED) is 0.659. The number of nitrogens with one attached hydrogen (secondary N) is 1. The smallest absolute Gasteiger partial charge is 0.270 e. The fourth-order valence-electron chi connectivity index (χ4n) is 3.23. The van der Waals surface area contributed by atoms with E-state index in [0.717, 1.165) is 12.8 Å². The van der Waals surface area contributed by atoms with E-state index in [4.69, 9.17) is 0 Å². The summed E-state index contributed by atoms with van der Waals surface area (Å²) < 4.78 is 1.18. The predicted molar refractivity (Wildman–Crippen MR) is 92.2 cm³/mol. The van der Waals surface area contributed by atoms with Crippen LogP contribution in [0.4, 0.5) is 5.69 Å². The summed E-state index contributed by atoms with van der Waals surface area (Å²) in [6, 6.07) is 3.93. The van der Waals surface area contributed by atoms with Gasteiger partial charge < -0.3 is 5.32 Å². The Kier molecular flexibility index (Phi) is 5.06. The highest BCUT2D eigenvalue weighted by Crippen LogP contribution is 2.22. The number of benzene rings is 1. The number of rotatable bonds is 5. The van der Waals surface area contributed by atoms with Gasteiger partial charge in [-0.3, -0.25) is 24.3 Å². The van der Waals surface area contributed by atoms with Crippen LogP contribution in [-0.2, 0) is 11.3 Å². The first-order chi connectivity index (χ1) is 12.0. The number of aromatic nitrogens is 2. The topological polar surface area (TPSA) is 107 Å². The molecule has 8 nitrogen and oxygen atoms in total. The highest BCUT2D eigenvalue weighted by atomic mass is 16.6. The fraction of sp³-hybridized carbons (Fsp3) is 0.471. The molecule has 0 bridgehead atoms. The zero-order valence-corrected chi connectivity index (χ0v) is 13.8. The number of amides is 1. The van der Waals surface area contributed by atoms with Gasteiger partial charge in [0.2, 0.25) is 5.91 Å². The molecule has 0 saturated heterocycles. The summed E-state index contributed by atoms with van der Waals surface area (Å²) >= 11 is 0. The van der Waals surface area contributed by atoms with Crippen molar-refractivity contribution in [2.45, 2.75) is 38.6 Å². The molecule has 132 valence electrons. The number of nitro benzene ring substituents is 1. The molecule has 1 aliphatic rings.